The Hall–Kier alpha value is -5.64. The molecule has 13 N–H and O–H groups in total. The number of carbonyl (C=O) groups is 1. The van der Waals surface area contributed by atoms with E-state index in [4.69, 9.17) is 37.6 Å². The Morgan fingerprint density at radius 1 is 0.677 bits per heavy atom. The van der Waals surface area contributed by atoms with Crippen LogP contribution in [0.5, 0.6) is 34.5 Å². The average molecular weight is 919 g/mol. The molecule has 4 heterocycles. The normalized spacial score (nSPS) is 32.9. The molecule has 3 aliphatic heterocycles. The summed E-state index contributed by atoms with van der Waals surface area (Å²) in [5, 5.41) is 135. The van der Waals surface area contributed by atoms with E-state index in [2.05, 4.69) is 0 Å². The van der Waals surface area contributed by atoms with Gasteiger partial charge in [0, 0.05) is 23.8 Å². The van der Waals surface area contributed by atoms with Crippen molar-refractivity contribution >= 4 is 23.0 Å². The van der Waals surface area contributed by atoms with Crippen molar-refractivity contribution in [2.45, 2.75) is 99.0 Å². The molecule has 7 rings (SSSR count). The fourth-order valence-corrected chi connectivity index (χ4v) is 7.25. The van der Waals surface area contributed by atoms with Gasteiger partial charge in [-0.25, -0.2) is 4.79 Å². The molecule has 0 spiro atoms. The molecule has 0 unspecified atom stereocenters. The van der Waals surface area contributed by atoms with E-state index in [0.717, 1.165) is 30.3 Å². The first-order chi connectivity index (χ1) is 30.9. The van der Waals surface area contributed by atoms with E-state index in [-0.39, 0.29) is 17.1 Å². The van der Waals surface area contributed by atoms with Crippen LogP contribution in [0.1, 0.15) is 12.5 Å². The second-order valence-corrected chi connectivity index (χ2v) is 15.4. The molecule has 0 saturated carbocycles. The third kappa shape index (κ3) is 9.83. The minimum absolute atomic E-state index is 0.0373. The number of aliphatic hydroxyl groups is 9. The Morgan fingerprint density at radius 2 is 1.32 bits per heavy atom. The van der Waals surface area contributed by atoms with Crippen LogP contribution in [0.3, 0.4) is 0 Å². The van der Waals surface area contributed by atoms with Crippen LogP contribution < -0.4 is 14.9 Å². The Balaban J connectivity index is 1.23. The van der Waals surface area contributed by atoms with Gasteiger partial charge in [-0.3, -0.25) is 4.79 Å². The molecule has 352 valence electrons. The average Bonchev–Trinajstić information content (AvgIpc) is 3.28. The fraction of sp³-hybridized carbons (Fsp3) is 0.429. The van der Waals surface area contributed by atoms with Gasteiger partial charge >= 0.3 is 5.97 Å². The number of esters is 1. The topological polar surface area (TPSA) is 375 Å². The van der Waals surface area contributed by atoms with Crippen molar-refractivity contribution in [3.05, 3.63) is 76.5 Å². The monoisotopic (exact) mass is 918 g/mol. The molecule has 1 aromatic heterocycles. The molecule has 4 aromatic rings. The second-order valence-electron chi connectivity index (χ2n) is 15.4. The van der Waals surface area contributed by atoms with E-state index >= 15 is 0 Å². The van der Waals surface area contributed by atoms with Crippen LogP contribution in [0.4, 0.5) is 0 Å². The standard InChI is InChI=1S/C42H46O23/c1-15-28(49)31(52)34(55)40(59-15)58-14-25-38(64-26(48)9-4-16-2-6-18(44)7-3-16)33(54)36(57)42(63-25)65-39-30(51)27-22(47)11-19(60-41-35(56)32(53)29(50)24(13-43)62-41)12-23(27)61-37(39)17-5-8-20(45)21(46)10-17/h2-12,15,24-25,28-29,31-36,38,40-47,49-50,52-57H,13-14H2,1H3/b9-4+/t15-,24+,25+,28+,29-,31+,32+,33+,34-,35-,36-,38+,40-,41-,42+/m1/s1. The summed E-state index contributed by atoms with van der Waals surface area (Å²) in [7, 11) is 0. The molecule has 3 fully saturated rings. The van der Waals surface area contributed by atoms with Crippen molar-refractivity contribution in [2.75, 3.05) is 13.2 Å². The molecule has 0 bridgehead atoms. The number of ether oxygens (including phenoxy) is 7. The van der Waals surface area contributed by atoms with Gasteiger partial charge in [-0.2, -0.15) is 0 Å². The molecule has 0 aliphatic carbocycles. The maximum absolute atomic E-state index is 14.4. The van der Waals surface area contributed by atoms with Crippen LogP contribution in [-0.4, -0.2) is 178 Å². The first-order valence-electron chi connectivity index (χ1n) is 19.9. The number of fused-ring (bicyclic) bond motifs is 1. The van der Waals surface area contributed by atoms with E-state index in [9.17, 15) is 76.0 Å². The van der Waals surface area contributed by atoms with Crippen LogP contribution >= 0.6 is 0 Å². The number of aliphatic hydroxyl groups excluding tert-OH is 9. The van der Waals surface area contributed by atoms with Crippen molar-refractivity contribution in [1.82, 2.24) is 0 Å². The van der Waals surface area contributed by atoms with Gasteiger partial charge in [0.2, 0.25) is 23.8 Å². The summed E-state index contributed by atoms with van der Waals surface area (Å²) in [6.07, 6.45) is -23.8. The van der Waals surface area contributed by atoms with E-state index in [1.54, 1.807) is 0 Å². The third-order valence-corrected chi connectivity index (χ3v) is 10.9. The van der Waals surface area contributed by atoms with Crippen LogP contribution in [0.2, 0.25) is 0 Å². The second kappa shape index (κ2) is 19.4. The van der Waals surface area contributed by atoms with Gasteiger partial charge < -0.3 is 104 Å². The van der Waals surface area contributed by atoms with E-state index in [1.807, 2.05) is 0 Å². The highest BCUT2D eigenvalue weighted by Gasteiger charge is 2.50. The lowest BCUT2D eigenvalue weighted by Gasteiger charge is -2.43. The summed E-state index contributed by atoms with van der Waals surface area (Å²) in [4.78, 5) is 27.5. The molecule has 0 amide bonds. The summed E-state index contributed by atoms with van der Waals surface area (Å²) in [6.45, 7) is -0.145. The Kier molecular flexibility index (Phi) is 14.2. The molecule has 3 saturated heterocycles. The highest BCUT2D eigenvalue weighted by Crippen LogP contribution is 2.40. The number of aromatic hydroxyl groups is 4. The quantitative estimate of drug-likeness (QED) is 0.0406. The van der Waals surface area contributed by atoms with Crippen molar-refractivity contribution in [1.29, 1.82) is 0 Å². The number of rotatable bonds is 12. The molecular formula is C42H46O23. The first kappa shape index (κ1) is 47.3. The smallest absolute Gasteiger partial charge is 0.331 e. The van der Waals surface area contributed by atoms with Crippen molar-refractivity contribution in [2.24, 2.45) is 0 Å². The molecule has 23 nitrogen and oxygen atoms in total. The molecule has 65 heavy (non-hydrogen) atoms. The van der Waals surface area contributed by atoms with Crippen LogP contribution in [0.15, 0.2) is 69.9 Å². The zero-order valence-electron chi connectivity index (χ0n) is 33.8. The number of phenols is 4. The maximum atomic E-state index is 14.4. The lowest BCUT2D eigenvalue weighted by Crippen LogP contribution is -2.62. The lowest BCUT2D eigenvalue weighted by atomic mass is 9.98. The van der Waals surface area contributed by atoms with Gasteiger partial charge in [-0.15, -0.1) is 0 Å². The molecule has 23 heteroatoms. The number of hydrogen-bond donors (Lipinski definition) is 13. The minimum atomic E-state index is -2.17. The lowest BCUT2D eigenvalue weighted by molar-refractivity contribution is -0.319. The van der Waals surface area contributed by atoms with E-state index in [1.165, 1.54) is 43.3 Å². The zero-order valence-corrected chi connectivity index (χ0v) is 33.8. The largest absolute Gasteiger partial charge is 0.508 e. The molecule has 3 aromatic carbocycles. The number of phenolic OH excluding ortho intramolecular Hbond substituents is 4. The summed E-state index contributed by atoms with van der Waals surface area (Å²) in [5.41, 5.74) is -1.31. The fourth-order valence-electron chi connectivity index (χ4n) is 7.25. The zero-order chi connectivity index (χ0) is 47.0. The van der Waals surface area contributed by atoms with Crippen LogP contribution in [0, 0.1) is 0 Å². The summed E-state index contributed by atoms with van der Waals surface area (Å²) >= 11 is 0. The SMILES string of the molecule is C[C@H]1O[C@@H](OC[C@@H]2O[C@@H](Oc3c(-c4ccc(O)c(O)c4)oc4cc(O[C@@H]5O[C@@H](CO)[C@@H](O)[C@H](O)[C@H]5O)cc(O)c4c3=O)[C@H](O)[C@H](O)[C@H]2OC(=O)/C=C/c2ccc(O)cc2)[C@H](O)[C@@H](O)[C@H]1O. The minimum Gasteiger partial charge on any atom is -0.508 e. The maximum Gasteiger partial charge on any atom is 0.331 e. The number of carbonyl (C=O) groups excluding carboxylic acids is 1. The summed E-state index contributed by atoms with van der Waals surface area (Å²) in [5.74, 6) is -4.96. The van der Waals surface area contributed by atoms with Gasteiger partial charge in [-0.05, 0) is 48.9 Å². The van der Waals surface area contributed by atoms with Crippen LogP contribution in [0.25, 0.3) is 28.4 Å². The van der Waals surface area contributed by atoms with Gasteiger partial charge in [-0.1, -0.05) is 12.1 Å². The van der Waals surface area contributed by atoms with Gasteiger partial charge in [0.05, 0.1) is 19.3 Å². The highest BCUT2D eigenvalue weighted by molar-refractivity contribution is 5.89. The van der Waals surface area contributed by atoms with Gasteiger partial charge in [0.15, 0.2) is 29.7 Å². The number of hydrogen-bond acceptors (Lipinski definition) is 23. The first-order valence-corrected chi connectivity index (χ1v) is 19.9. The summed E-state index contributed by atoms with van der Waals surface area (Å²) in [6, 6.07) is 10.8. The van der Waals surface area contributed by atoms with Crippen LogP contribution in [-0.2, 0) is 28.5 Å². The Bertz CT molecular complexity index is 2400. The summed E-state index contributed by atoms with van der Waals surface area (Å²) < 4.78 is 45.5. The molecular weight excluding hydrogens is 872 g/mol. The predicted octanol–water partition coefficient (Wildman–Crippen LogP) is -2.24. The third-order valence-electron chi connectivity index (χ3n) is 10.9. The van der Waals surface area contributed by atoms with Crippen molar-refractivity contribution in [3.63, 3.8) is 0 Å². The Labute approximate surface area is 365 Å². The molecule has 15 atom stereocenters. The molecule has 3 aliphatic rings. The van der Waals surface area contributed by atoms with E-state index in [0.29, 0.717) is 5.56 Å². The highest BCUT2D eigenvalue weighted by atomic mass is 16.7. The predicted molar refractivity (Wildman–Crippen MR) is 214 cm³/mol. The van der Waals surface area contributed by atoms with Crippen molar-refractivity contribution in [3.8, 4) is 45.8 Å². The van der Waals surface area contributed by atoms with Gasteiger partial charge in [0.25, 0.3) is 0 Å². The van der Waals surface area contributed by atoms with Gasteiger partial charge in [0.1, 0.15) is 89.3 Å². The number of benzene rings is 3. The molecule has 0 radical (unpaired) electrons. The Morgan fingerprint density at radius 3 is 2.02 bits per heavy atom. The van der Waals surface area contributed by atoms with Crippen molar-refractivity contribution < 1.29 is 109 Å². The van der Waals surface area contributed by atoms with E-state index < -0.39 is 156 Å².